The first-order valence-corrected chi connectivity index (χ1v) is 13.2. The molecule has 36 heavy (non-hydrogen) atoms. The van der Waals surface area contributed by atoms with Gasteiger partial charge in [0.1, 0.15) is 0 Å². The number of rotatable bonds is 6. The number of aromatic nitrogens is 1. The molecule has 5 rings (SSSR count). The third kappa shape index (κ3) is 6.19. The Balaban J connectivity index is 1.03. The number of nitriles is 1. The number of amides is 1. The minimum atomic E-state index is -0.0182. The molecule has 2 aliphatic rings. The normalized spacial score (nSPS) is 20.5. The third-order valence-corrected chi connectivity index (χ3v) is 7.82. The molecule has 0 atom stereocenters. The second-order valence-corrected chi connectivity index (χ2v) is 10.2. The first-order chi connectivity index (χ1) is 17.7. The van der Waals surface area contributed by atoms with E-state index in [-0.39, 0.29) is 11.9 Å². The Morgan fingerprint density at radius 2 is 1.86 bits per heavy atom. The van der Waals surface area contributed by atoms with Crippen LogP contribution in [0.5, 0.6) is 0 Å². The standard InChI is InChI=1S/C31H34N4O/c32-21-24-5-9-26-14-17-35(18-15-27(26)19-24)16-13-23-6-10-29(11-7-23)34-31(36)12-8-25-20-28-3-1-2-4-30(28)33-22-25/h1-5,8-9,12,19-20,22-23,29H,6-7,10-11,13-18H2,(H,34,36)/b12-8+. The van der Waals surface area contributed by atoms with Gasteiger partial charge in [0, 0.05) is 36.8 Å². The molecular formula is C31H34N4O. The quantitative estimate of drug-likeness (QED) is 0.489. The summed E-state index contributed by atoms with van der Waals surface area (Å²) in [6.07, 6.45) is 13.1. The smallest absolute Gasteiger partial charge is 0.244 e. The van der Waals surface area contributed by atoms with Gasteiger partial charge < -0.3 is 10.2 Å². The van der Waals surface area contributed by atoms with E-state index in [4.69, 9.17) is 0 Å². The molecule has 0 unspecified atom stereocenters. The van der Waals surface area contributed by atoms with E-state index in [2.05, 4.69) is 39.5 Å². The molecule has 0 bridgehead atoms. The van der Waals surface area contributed by atoms with Gasteiger partial charge in [0.2, 0.25) is 5.91 Å². The van der Waals surface area contributed by atoms with E-state index in [0.717, 1.165) is 73.3 Å². The van der Waals surface area contributed by atoms with Crippen LogP contribution in [-0.4, -0.2) is 41.5 Å². The molecule has 2 heterocycles. The van der Waals surface area contributed by atoms with Crippen LogP contribution in [0.4, 0.5) is 0 Å². The molecule has 0 radical (unpaired) electrons. The van der Waals surface area contributed by atoms with Crippen molar-refractivity contribution in [3.8, 4) is 6.07 Å². The number of nitrogens with zero attached hydrogens (tertiary/aromatic N) is 3. The summed E-state index contributed by atoms with van der Waals surface area (Å²) >= 11 is 0. The van der Waals surface area contributed by atoms with Crippen molar-refractivity contribution in [3.63, 3.8) is 0 Å². The van der Waals surface area contributed by atoms with E-state index in [1.807, 2.05) is 42.6 Å². The van der Waals surface area contributed by atoms with Crippen LogP contribution >= 0.6 is 0 Å². The largest absolute Gasteiger partial charge is 0.350 e. The van der Waals surface area contributed by atoms with Crippen LogP contribution in [0.15, 0.2) is 60.8 Å². The zero-order chi connectivity index (χ0) is 24.7. The number of fused-ring (bicyclic) bond motifs is 2. The first-order valence-electron chi connectivity index (χ1n) is 13.2. The number of hydrogen-bond donors (Lipinski definition) is 1. The van der Waals surface area contributed by atoms with Gasteiger partial charge in [-0.2, -0.15) is 5.26 Å². The maximum Gasteiger partial charge on any atom is 0.244 e. The van der Waals surface area contributed by atoms with Crippen LogP contribution in [0.1, 0.15) is 54.4 Å². The van der Waals surface area contributed by atoms with Crippen LogP contribution < -0.4 is 5.32 Å². The van der Waals surface area contributed by atoms with Gasteiger partial charge in [-0.05, 0) is 104 Å². The van der Waals surface area contributed by atoms with Crippen molar-refractivity contribution in [2.24, 2.45) is 5.92 Å². The van der Waals surface area contributed by atoms with E-state index < -0.39 is 0 Å². The molecule has 0 spiro atoms. The summed E-state index contributed by atoms with van der Waals surface area (Å²) < 4.78 is 0. The maximum atomic E-state index is 12.5. The summed E-state index contributed by atoms with van der Waals surface area (Å²) in [6.45, 7) is 3.32. The highest BCUT2D eigenvalue weighted by molar-refractivity contribution is 5.92. The van der Waals surface area contributed by atoms with Gasteiger partial charge in [-0.1, -0.05) is 24.3 Å². The monoisotopic (exact) mass is 478 g/mol. The van der Waals surface area contributed by atoms with Gasteiger partial charge in [0.15, 0.2) is 0 Å². The molecule has 0 saturated heterocycles. The molecular weight excluding hydrogens is 444 g/mol. The van der Waals surface area contributed by atoms with E-state index in [1.165, 1.54) is 30.4 Å². The van der Waals surface area contributed by atoms with Crippen molar-refractivity contribution in [1.29, 1.82) is 5.26 Å². The molecule has 5 heteroatoms. The van der Waals surface area contributed by atoms with Crippen LogP contribution in [0, 0.1) is 17.2 Å². The number of para-hydroxylation sites is 1. The molecule has 1 N–H and O–H groups in total. The summed E-state index contributed by atoms with van der Waals surface area (Å²) in [4.78, 5) is 19.5. The number of nitrogens with one attached hydrogen (secondary N) is 1. The summed E-state index contributed by atoms with van der Waals surface area (Å²) in [5, 5.41) is 13.5. The molecule has 1 amide bonds. The molecule has 184 valence electrons. The van der Waals surface area contributed by atoms with Crippen molar-refractivity contribution in [2.75, 3.05) is 19.6 Å². The van der Waals surface area contributed by atoms with E-state index in [1.54, 1.807) is 6.08 Å². The highest BCUT2D eigenvalue weighted by Gasteiger charge is 2.23. The Morgan fingerprint density at radius 3 is 2.69 bits per heavy atom. The van der Waals surface area contributed by atoms with Crippen LogP contribution in [0.2, 0.25) is 0 Å². The van der Waals surface area contributed by atoms with E-state index in [0.29, 0.717) is 0 Å². The Kier molecular flexibility index (Phi) is 7.73. The predicted octanol–water partition coefficient (Wildman–Crippen LogP) is 5.29. The molecule has 3 aromatic rings. The molecule has 1 aliphatic heterocycles. The lowest BCUT2D eigenvalue weighted by molar-refractivity contribution is -0.117. The number of carbonyl (C=O) groups is 1. The van der Waals surface area contributed by atoms with Gasteiger partial charge in [0.25, 0.3) is 0 Å². The van der Waals surface area contributed by atoms with Gasteiger partial charge in [0.05, 0.1) is 17.1 Å². The van der Waals surface area contributed by atoms with Crippen LogP contribution in [-0.2, 0) is 17.6 Å². The van der Waals surface area contributed by atoms with Gasteiger partial charge in [-0.15, -0.1) is 0 Å². The zero-order valence-corrected chi connectivity index (χ0v) is 20.8. The van der Waals surface area contributed by atoms with Crippen molar-refractivity contribution >= 4 is 22.9 Å². The second-order valence-electron chi connectivity index (χ2n) is 10.2. The Hall–Kier alpha value is -3.49. The fraction of sp³-hybridized carbons (Fsp3) is 0.387. The summed E-state index contributed by atoms with van der Waals surface area (Å²) in [7, 11) is 0. The highest BCUT2D eigenvalue weighted by atomic mass is 16.1. The lowest BCUT2D eigenvalue weighted by Gasteiger charge is -2.30. The minimum absolute atomic E-state index is 0.0182. The molecule has 1 fully saturated rings. The Bertz CT molecular complexity index is 1280. The topological polar surface area (TPSA) is 69.0 Å². The van der Waals surface area contributed by atoms with Gasteiger partial charge >= 0.3 is 0 Å². The van der Waals surface area contributed by atoms with Crippen molar-refractivity contribution in [2.45, 2.75) is 51.0 Å². The Morgan fingerprint density at radius 1 is 1.06 bits per heavy atom. The fourth-order valence-corrected chi connectivity index (χ4v) is 5.63. The van der Waals surface area contributed by atoms with Crippen molar-refractivity contribution in [3.05, 3.63) is 83.1 Å². The number of pyridine rings is 1. The lowest BCUT2D eigenvalue weighted by Crippen LogP contribution is -2.37. The SMILES string of the molecule is N#Cc1ccc2c(c1)CCN(CCC1CCC(NC(=O)/C=C/c3cnc4ccccc4c3)CC1)CC2. The maximum absolute atomic E-state index is 12.5. The van der Waals surface area contributed by atoms with Gasteiger partial charge in [-0.3, -0.25) is 9.78 Å². The summed E-state index contributed by atoms with van der Waals surface area (Å²) in [6, 6.07) is 18.8. The lowest BCUT2D eigenvalue weighted by atomic mass is 9.84. The van der Waals surface area contributed by atoms with Gasteiger partial charge in [-0.25, -0.2) is 0 Å². The second kappa shape index (κ2) is 11.5. The van der Waals surface area contributed by atoms with Crippen LogP contribution in [0.3, 0.4) is 0 Å². The molecule has 2 aromatic carbocycles. The molecule has 1 saturated carbocycles. The number of benzene rings is 2. The zero-order valence-electron chi connectivity index (χ0n) is 20.8. The minimum Gasteiger partial charge on any atom is -0.350 e. The predicted molar refractivity (Wildman–Crippen MR) is 144 cm³/mol. The average molecular weight is 479 g/mol. The molecule has 1 aromatic heterocycles. The first kappa shape index (κ1) is 24.2. The summed E-state index contributed by atoms with van der Waals surface area (Å²) in [5.74, 6) is 0.725. The van der Waals surface area contributed by atoms with E-state index in [9.17, 15) is 10.1 Å². The summed E-state index contributed by atoms with van der Waals surface area (Å²) in [5.41, 5.74) is 5.42. The van der Waals surface area contributed by atoms with Crippen LogP contribution in [0.25, 0.3) is 17.0 Å². The molecule has 5 nitrogen and oxygen atoms in total. The fourth-order valence-electron chi connectivity index (χ4n) is 5.63. The number of carbonyl (C=O) groups excluding carboxylic acids is 1. The Labute approximate surface area is 213 Å². The van der Waals surface area contributed by atoms with E-state index >= 15 is 0 Å². The average Bonchev–Trinajstić information content (AvgIpc) is 3.13. The van der Waals surface area contributed by atoms with Crippen molar-refractivity contribution < 1.29 is 4.79 Å². The number of hydrogen-bond acceptors (Lipinski definition) is 4. The van der Waals surface area contributed by atoms with Crippen molar-refractivity contribution in [1.82, 2.24) is 15.2 Å². The molecule has 1 aliphatic carbocycles. The highest BCUT2D eigenvalue weighted by Crippen LogP contribution is 2.28. The third-order valence-electron chi connectivity index (χ3n) is 7.82.